The van der Waals surface area contributed by atoms with Crippen molar-refractivity contribution < 1.29 is 9.90 Å². The zero-order chi connectivity index (χ0) is 11.0. The lowest BCUT2D eigenvalue weighted by molar-refractivity contribution is -0.137. The molecule has 0 spiro atoms. The summed E-state index contributed by atoms with van der Waals surface area (Å²) in [7, 11) is 0. The molecule has 0 saturated carbocycles. The summed E-state index contributed by atoms with van der Waals surface area (Å²) in [5.41, 5.74) is -0.823. The van der Waals surface area contributed by atoms with Crippen LogP contribution in [0.3, 0.4) is 0 Å². The van der Waals surface area contributed by atoms with Crippen molar-refractivity contribution >= 4 is 27.5 Å². The van der Waals surface area contributed by atoms with E-state index in [-0.39, 0.29) is 0 Å². The molecular formula is C8H6N2O4S. The van der Waals surface area contributed by atoms with Gasteiger partial charge in [-0.2, -0.15) is 0 Å². The van der Waals surface area contributed by atoms with Crippen LogP contribution in [-0.2, 0) is 11.3 Å². The fourth-order valence-corrected chi connectivity index (χ4v) is 2.05. The van der Waals surface area contributed by atoms with E-state index in [0.717, 1.165) is 0 Å². The van der Waals surface area contributed by atoms with E-state index in [0.29, 0.717) is 14.8 Å². The highest BCUT2D eigenvalue weighted by atomic mass is 32.1. The van der Waals surface area contributed by atoms with Crippen LogP contribution in [0.1, 0.15) is 0 Å². The average molecular weight is 226 g/mol. The summed E-state index contributed by atoms with van der Waals surface area (Å²) >= 11 is 1.17. The molecule has 0 radical (unpaired) electrons. The summed E-state index contributed by atoms with van der Waals surface area (Å²) in [4.78, 5) is 35.8. The molecule has 0 aliphatic carbocycles. The van der Waals surface area contributed by atoms with E-state index >= 15 is 0 Å². The van der Waals surface area contributed by atoms with Crippen LogP contribution in [0.4, 0.5) is 0 Å². The summed E-state index contributed by atoms with van der Waals surface area (Å²) in [5, 5.41) is 10.2. The maximum Gasteiger partial charge on any atom is 0.329 e. The van der Waals surface area contributed by atoms with Crippen LogP contribution >= 0.6 is 11.3 Å². The largest absolute Gasteiger partial charge is 0.480 e. The summed E-state index contributed by atoms with van der Waals surface area (Å²) in [6.45, 7) is -0.623. The zero-order valence-corrected chi connectivity index (χ0v) is 8.21. The highest BCUT2D eigenvalue weighted by molar-refractivity contribution is 7.17. The lowest BCUT2D eigenvalue weighted by atomic mass is 10.4. The maximum atomic E-state index is 11.6. The molecule has 2 aromatic heterocycles. The molecular weight excluding hydrogens is 220 g/mol. The Balaban J connectivity index is 2.78. The predicted octanol–water partition coefficient (Wildman–Crippen LogP) is -0.164. The molecule has 15 heavy (non-hydrogen) atoms. The third-order valence-electron chi connectivity index (χ3n) is 1.88. The smallest absolute Gasteiger partial charge is 0.329 e. The lowest BCUT2D eigenvalue weighted by Gasteiger charge is -1.99. The molecule has 6 nitrogen and oxygen atoms in total. The molecule has 0 amide bonds. The van der Waals surface area contributed by atoms with Crippen LogP contribution < -0.4 is 11.2 Å². The van der Waals surface area contributed by atoms with E-state index < -0.39 is 23.8 Å². The molecule has 7 heteroatoms. The van der Waals surface area contributed by atoms with E-state index in [9.17, 15) is 14.4 Å². The highest BCUT2D eigenvalue weighted by Crippen LogP contribution is 2.11. The van der Waals surface area contributed by atoms with Crippen molar-refractivity contribution in [1.82, 2.24) is 9.55 Å². The number of hydrogen-bond acceptors (Lipinski definition) is 4. The fourth-order valence-electron chi connectivity index (χ4n) is 1.25. The second-order valence-corrected chi connectivity index (χ2v) is 3.79. The summed E-state index contributed by atoms with van der Waals surface area (Å²) in [5.74, 6) is -1.22. The minimum absolute atomic E-state index is 0.357. The Kier molecular flexibility index (Phi) is 2.16. The predicted molar refractivity (Wildman–Crippen MR) is 54.3 cm³/mol. The Morgan fingerprint density at radius 2 is 2.27 bits per heavy atom. The number of fused-ring (bicyclic) bond motifs is 1. The van der Waals surface area contributed by atoms with Gasteiger partial charge in [0.25, 0.3) is 5.56 Å². The van der Waals surface area contributed by atoms with Crippen molar-refractivity contribution in [2.75, 3.05) is 0 Å². The molecule has 0 unspecified atom stereocenters. The molecule has 0 saturated heterocycles. The molecule has 2 heterocycles. The number of H-pyrrole nitrogens is 1. The van der Waals surface area contributed by atoms with Crippen LogP contribution in [0.2, 0.25) is 0 Å². The molecule has 2 rings (SSSR count). The molecule has 0 atom stereocenters. The van der Waals surface area contributed by atoms with E-state index in [4.69, 9.17) is 5.11 Å². The molecule has 2 N–H and O–H groups in total. The van der Waals surface area contributed by atoms with Gasteiger partial charge in [0, 0.05) is 0 Å². The number of thiophene rings is 1. The van der Waals surface area contributed by atoms with Gasteiger partial charge in [-0.05, 0) is 11.4 Å². The Hall–Kier alpha value is -1.89. The van der Waals surface area contributed by atoms with Gasteiger partial charge in [-0.15, -0.1) is 11.3 Å². The minimum atomic E-state index is -1.22. The molecule has 78 valence electrons. The number of nitrogens with zero attached hydrogens (tertiary/aromatic N) is 1. The van der Waals surface area contributed by atoms with Crippen molar-refractivity contribution in [2.45, 2.75) is 6.54 Å². The number of aliphatic carboxylic acids is 1. The van der Waals surface area contributed by atoms with Crippen molar-refractivity contribution in [3.63, 3.8) is 0 Å². The summed E-state index contributed by atoms with van der Waals surface area (Å²) in [6, 6.07) is 1.61. The van der Waals surface area contributed by atoms with Crippen LogP contribution in [0.15, 0.2) is 21.0 Å². The first kappa shape index (κ1) is 9.66. The van der Waals surface area contributed by atoms with Gasteiger partial charge in [-0.1, -0.05) is 0 Å². The number of hydrogen-bond donors (Lipinski definition) is 2. The van der Waals surface area contributed by atoms with Gasteiger partial charge in [-0.25, -0.2) is 9.36 Å². The van der Waals surface area contributed by atoms with Gasteiger partial charge >= 0.3 is 11.7 Å². The molecule has 0 aromatic carbocycles. The Bertz CT molecular complexity index is 636. The number of carboxylic acid groups (broad SMARTS) is 1. The second kappa shape index (κ2) is 3.35. The molecule has 2 aromatic rings. The third kappa shape index (κ3) is 1.57. The normalized spacial score (nSPS) is 10.7. The number of rotatable bonds is 2. The Morgan fingerprint density at radius 1 is 1.53 bits per heavy atom. The van der Waals surface area contributed by atoms with Gasteiger partial charge in [0.1, 0.15) is 11.2 Å². The first-order chi connectivity index (χ1) is 7.09. The lowest BCUT2D eigenvalue weighted by Crippen LogP contribution is -2.36. The molecule has 0 fully saturated rings. The van der Waals surface area contributed by atoms with Crippen molar-refractivity contribution in [3.05, 3.63) is 32.3 Å². The van der Waals surface area contributed by atoms with Crippen LogP contribution in [0, 0.1) is 0 Å². The number of carbonyl (C=O) groups is 1. The molecule has 0 aliphatic heterocycles. The highest BCUT2D eigenvalue weighted by Gasteiger charge is 2.10. The first-order valence-corrected chi connectivity index (χ1v) is 4.89. The van der Waals surface area contributed by atoms with Crippen LogP contribution in [0.25, 0.3) is 10.2 Å². The number of nitrogens with one attached hydrogen (secondary N) is 1. The second-order valence-electron chi connectivity index (χ2n) is 2.88. The van der Waals surface area contributed by atoms with Gasteiger partial charge < -0.3 is 10.1 Å². The third-order valence-corrected chi connectivity index (χ3v) is 2.79. The van der Waals surface area contributed by atoms with Crippen molar-refractivity contribution in [1.29, 1.82) is 0 Å². The summed E-state index contributed by atoms with van der Waals surface area (Å²) in [6.07, 6.45) is 0. The average Bonchev–Trinajstić information content (AvgIpc) is 2.59. The van der Waals surface area contributed by atoms with Gasteiger partial charge in [0.05, 0.1) is 5.52 Å². The minimum Gasteiger partial charge on any atom is -0.480 e. The van der Waals surface area contributed by atoms with Crippen molar-refractivity contribution in [2.24, 2.45) is 0 Å². The fraction of sp³-hybridized carbons (Fsp3) is 0.125. The van der Waals surface area contributed by atoms with Gasteiger partial charge in [-0.3, -0.25) is 9.59 Å². The van der Waals surface area contributed by atoms with Gasteiger partial charge in [0.2, 0.25) is 0 Å². The first-order valence-electron chi connectivity index (χ1n) is 4.01. The van der Waals surface area contributed by atoms with Crippen molar-refractivity contribution in [3.8, 4) is 0 Å². The zero-order valence-electron chi connectivity index (χ0n) is 7.39. The standard InChI is InChI=1S/C8H6N2O4S/c11-5(12)3-10-7(13)6-4(1-2-15-6)9-8(10)14/h1-2H,3H2,(H,9,14)(H,11,12). The van der Waals surface area contributed by atoms with Crippen LogP contribution in [-0.4, -0.2) is 20.6 Å². The van der Waals surface area contributed by atoms with E-state index in [1.54, 1.807) is 11.4 Å². The maximum absolute atomic E-state index is 11.6. The number of aromatic nitrogens is 2. The van der Waals surface area contributed by atoms with E-state index in [1.807, 2.05) is 0 Å². The van der Waals surface area contributed by atoms with Crippen LogP contribution in [0.5, 0.6) is 0 Å². The number of carboxylic acids is 1. The molecule has 0 aliphatic rings. The van der Waals surface area contributed by atoms with Gasteiger partial charge in [0.15, 0.2) is 0 Å². The quantitative estimate of drug-likeness (QED) is 0.744. The Labute approximate surface area is 86.4 Å². The SMILES string of the molecule is O=C(O)Cn1c(=O)[nH]c2ccsc2c1=O. The monoisotopic (exact) mass is 226 g/mol. The number of aromatic amines is 1. The summed E-state index contributed by atoms with van der Waals surface area (Å²) < 4.78 is 1.03. The molecule has 0 bridgehead atoms. The van der Waals surface area contributed by atoms with E-state index in [1.165, 1.54) is 11.3 Å². The van der Waals surface area contributed by atoms with E-state index in [2.05, 4.69) is 4.98 Å². The topological polar surface area (TPSA) is 92.2 Å². The Morgan fingerprint density at radius 3 is 2.93 bits per heavy atom.